The molecule has 0 heterocycles. The van der Waals surface area contributed by atoms with E-state index in [-0.39, 0.29) is 13.2 Å². The summed E-state index contributed by atoms with van der Waals surface area (Å²) in [5, 5.41) is 20.8. The van der Waals surface area contributed by atoms with Crippen molar-refractivity contribution in [2.75, 3.05) is 13.2 Å². The van der Waals surface area contributed by atoms with Crippen LogP contribution in [0.25, 0.3) is 0 Å². The molecule has 0 amide bonds. The van der Waals surface area contributed by atoms with E-state index in [1.807, 2.05) is 30.3 Å². The Bertz CT molecular complexity index is 264. The van der Waals surface area contributed by atoms with Crippen molar-refractivity contribution in [2.45, 2.75) is 12.3 Å². The molecule has 2 atom stereocenters. The molecule has 1 radical (unpaired) electrons. The predicted octanol–water partition coefficient (Wildman–Crippen LogP) is 0.168. The minimum absolute atomic E-state index is 0.184. The highest BCUT2D eigenvalue weighted by Gasteiger charge is 2.05. The van der Waals surface area contributed by atoms with Crippen molar-refractivity contribution in [3.8, 4) is 5.75 Å². The molecule has 0 spiro atoms. The zero-order chi connectivity index (χ0) is 11.1. The Morgan fingerprint density at radius 3 is 2.53 bits per heavy atom. The van der Waals surface area contributed by atoms with Crippen LogP contribution in [0.5, 0.6) is 5.75 Å². The summed E-state index contributed by atoms with van der Waals surface area (Å²) in [7, 11) is 0. The maximum atomic E-state index is 9.43. The number of para-hydroxylation sites is 1. The molecule has 0 aromatic heterocycles. The van der Waals surface area contributed by atoms with Gasteiger partial charge in [-0.2, -0.15) is 0 Å². The quantitative estimate of drug-likeness (QED) is 0.586. The minimum Gasteiger partial charge on any atom is -0.491 e. The van der Waals surface area contributed by atoms with E-state index in [2.05, 4.69) is 12.2 Å². The van der Waals surface area contributed by atoms with Gasteiger partial charge in [0.1, 0.15) is 24.7 Å². The number of hydrogen-bond acceptors (Lipinski definition) is 4. The van der Waals surface area contributed by atoms with Crippen LogP contribution >= 0.6 is 0 Å². The topological polar surface area (TPSA) is 61.7 Å². The van der Waals surface area contributed by atoms with Crippen molar-refractivity contribution in [3.63, 3.8) is 0 Å². The van der Waals surface area contributed by atoms with Gasteiger partial charge in [-0.25, -0.2) is 0 Å². The van der Waals surface area contributed by atoms with E-state index in [1.54, 1.807) is 0 Å². The first-order valence-electron chi connectivity index (χ1n) is 4.79. The lowest BCUT2D eigenvalue weighted by molar-refractivity contribution is 0.0866. The Hall–Kier alpha value is -1.10. The van der Waals surface area contributed by atoms with E-state index in [4.69, 9.17) is 9.84 Å². The molecule has 0 saturated carbocycles. The lowest BCUT2D eigenvalue weighted by Gasteiger charge is -2.14. The van der Waals surface area contributed by atoms with E-state index in [9.17, 15) is 5.11 Å². The van der Waals surface area contributed by atoms with Crippen LogP contribution < -0.4 is 10.1 Å². The zero-order valence-electron chi connectivity index (χ0n) is 8.47. The summed E-state index contributed by atoms with van der Waals surface area (Å²) < 4.78 is 5.31. The Morgan fingerprint density at radius 2 is 1.93 bits per heavy atom. The van der Waals surface area contributed by atoms with Gasteiger partial charge in [-0.3, -0.25) is 5.32 Å². The third-order valence-corrected chi connectivity index (χ3v) is 1.77. The Balaban J connectivity index is 2.19. The summed E-state index contributed by atoms with van der Waals surface area (Å²) in [5.74, 6) is 0.715. The summed E-state index contributed by atoms with van der Waals surface area (Å²) in [5.41, 5.74) is 0. The van der Waals surface area contributed by atoms with Crippen molar-refractivity contribution in [3.05, 3.63) is 37.3 Å². The maximum absolute atomic E-state index is 9.43. The first-order chi connectivity index (χ1) is 7.18. The summed E-state index contributed by atoms with van der Waals surface area (Å²) in [6.07, 6.45) is -1.53. The molecule has 1 aromatic rings. The molecule has 83 valence electrons. The van der Waals surface area contributed by atoms with Gasteiger partial charge in [-0.05, 0) is 19.1 Å². The molecule has 0 aliphatic heterocycles. The number of benzene rings is 1. The van der Waals surface area contributed by atoms with Gasteiger partial charge in [0, 0.05) is 6.54 Å². The fourth-order valence-electron chi connectivity index (χ4n) is 1.04. The third-order valence-electron chi connectivity index (χ3n) is 1.77. The van der Waals surface area contributed by atoms with E-state index < -0.39 is 12.3 Å². The number of nitrogens with one attached hydrogen (secondary N) is 1. The van der Waals surface area contributed by atoms with Gasteiger partial charge >= 0.3 is 0 Å². The van der Waals surface area contributed by atoms with Crippen molar-refractivity contribution in [2.24, 2.45) is 0 Å². The predicted molar refractivity (Wildman–Crippen MR) is 57.3 cm³/mol. The second kappa shape index (κ2) is 6.40. The largest absolute Gasteiger partial charge is 0.491 e. The molecule has 2 unspecified atom stereocenters. The highest BCUT2D eigenvalue weighted by Crippen LogP contribution is 2.08. The minimum atomic E-state index is -0.864. The number of aliphatic hydroxyl groups is 2. The fourth-order valence-corrected chi connectivity index (χ4v) is 1.04. The van der Waals surface area contributed by atoms with Gasteiger partial charge in [-0.15, -0.1) is 0 Å². The van der Waals surface area contributed by atoms with Crippen LogP contribution in [0.1, 0.15) is 0 Å². The zero-order valence-corrected chi connectivity index (χ0v) is 8.47. The molecule has 4 nitrogen and oxygen atoms in total. The van der Waals surface area contributed by atoms with Gasteiger partial charge in [0.15, 0.2) is 0 Å². The van der Waals surface area contributed by atoms with Crippen molar-refractivity contribution in [1.82, 2.24) is 5.32 Å². The highest BCUT2D eigenvalue weighted by molar-refractivity contribution is 5.20. The lowest BCUT2D eigenvalue weighted by Crippen LogP contribution is -2.36. The molecule has 0 aliphatic carbocycles. The lowest BCUT2D eigenvalue weighted by atomic mass is 10.3. The average Bonchev–Trinajstić information content (AvgIpc) is 2.25. The second-order valence-electron chi connectivity index (χ2n) is 3.20. The summed E-state index contributed by atoms with van der Waals surface area (Å²) in [6, 6.07) is 9.25. The molecule has 0 aliphatic rings. The van der Waals surface area contributed by atoms with Gasteiger partial charge in [0.2, 0.25) is 0 Å². The van der Waals surface area contributed by atoms with Crippen LogP contribution in [-0.4, -0.2) is 35.7 Å². The van der Waals surface area contributed by atoms with Gasteiger partial charge in [0.25, 0.3) is 0 Å². The molecule has 3 N–H and O–H groups in total. The van der Waals surface area contributed by atoms with Gasteiger partial charge in [0.05, 0.1) is 0 Å². The smallest absolute Gasteiger partial charge is 0.119 e. The Kier molecular flexibility index (Phi) is 5.10. The number of hydrogen-bond donors (Lipinski definition) is 3. The summed E-state index contributed by atoms with van der Waals surface area (Å²) in [6.45, 7) is 3.75. The Labute approximate surface area is 89.5 Å². The van der Waals surface area contributed by atoms with Crippen LogP contribution in [0, 0.1) is 6.92 Å². The molecule has 0 saturated heterocycles. The van der Waals surface area contributed by atoms with Crippen LogP contribution in [0.15, 0.2) is 30.3 Å². The summed E-state index contributed by atoms with van der Waals surface area (Å²) in [4.78, 5) is 0. The third kappa shape index (κ3) is 5.37. The molecular formula is C11H16NO3. The normalized spacial score (nSPS) is 14.6. The van der Waals surface area contributed by atoms with E-state index in [1.165, 1.54) is 0 Å². The van der Waals surface area contributed by atoms with Crippen molar-refractivity contribution in [1.29, 1.82) is 0 Å². The molecule has 1 rings (SSSR count). The van der Waals surface area contributed by atoms with Crippen molar-refractivity contribution < 1.29 is 14.9 Å². The molecular weight excluding hydrogens is 194 g/mol. The number of aliphatic hydroxyl groups excluding tert-OH is 2. The first-order valence-corrected chi connectivity index (χ1v) is 4.79. The van der Waals surface area contributed by atoms with Crippen LogP contribution in [0.2, 0.25) is 0 Å². The van der Waals surface area contributed by atoms with Crippen LogP contribution in [-0.2, 0) is 0 Å². The SMILES string of the molecule is [CH2]C(O)NCC(O)COc1ccccc1. The number of rotatable bonds is 6. The molecule has 0 bridgehead atoms. The van der Waals surface area contributed by atoms with Gasteiger partial charge in [-0.1, -0.05) is 18.2 Å². The fraction of sp³-hybridized carbons (Fsp3) is 0.364. The van der Waals surface area contributed by atoms with Crippen LogP contribution in [0.3, 0.4) is 0 Å². The van der Waals surface area contributed by atoms with Crippen LogP contribution in [0.4, 0.5) is 0 Å². The molecule has 4 heteroatoms. The maximum Gasteiger partial charge on any atom is 0.119 e. The summed E-state index contributed by atoms with van der Waals surface area (Å²) >= 11 is 0. The highest BCUT2D eigenvalue weighted by atomic mass is 16.5. The van der Waals surface area contributed by atoms with Crippen molar-refractivity contribution >= 4 is 0 Å². The monoisotopic (exact) mass is 210 g/mol. The number of ether oxygens (including phenoxy) is 1. The average molecular weight is 210 g/mol. The van der Waals surface area contributed by atoms with E-state index in [0.717, 1.165) is 0 Å². The standard InChI is InChI=1S/C11H16NO3/c1-9(13)12-7-10(14)8-15-11-5-3-2-4-6-11/h2-6,9-10,12-14H,1,7-8H2. The Morgan fingerprint density at radius 1 is 1.27 bits per heavy atom. The van der Waals surface area contributed by atoms with Gasteiger partial charge < -0.3 is 14.9 Å². The van der Waals surface area contributed by atoms with E-state index >= 15 is 0 Å². The molecule has 1 aromatic carbocycles. The van der Waals surface area contributed by atoms with E-state index in [0.29, 0.717) is 5.75 Å². The first kappa shape index (κ1) is 12.0. The molecule has 15 heavy (non-hydrogen) atoms. The second-order valence-corrected chi connectivity index (χ2v) is 3.20. The molecule has 0 fully saturated rings.